The van der Waals surface area contributed by atoms with Crippen LogP contribution in [0.5, 0.6) is 0 Å². The number of hydrogen-bond donors (Lipinski definition) is 1. The van der Waals surface area contributed by atoms with Crippen LogP contribution in [0.3, 0.4) is 0 Å². The fourth-order valence-electron chi connectivity index (χ4n) is 2.90. The second-order valence-corrected chi connectivity index (χ2v) is 6.55. The normalized spacial score (nSPS) is 20.0. The van der Waals surface area contributed by atoms with Crippen molar-refractivity contribution in [2.24, 2.45) is 5.92 Å². The van der Waals surface area contributed by atoms with Gasteiger partial charge in [0, 0.05) is 37.8 Å². The van der Waals surface area contributed by atoms with E-state index in [0.29, 0.717) is 18.4 Å². The summed E-state index contributed by atoms with van der Waals surface area (Å²) in [5, 5.41) is 3.70. The zero-order valence-corrected chi connectivity index (χ0v) is 13.8. The Morgan fingerprint density at radius 3 is 2.62 bits per heavy atom. The third-order valence-electron chi connectivity index (χ3n) is 4.21. The maximum Gasteiger partial charge on any atom is 0.228 e. The molecule has 1 aliphatic rings. The third-order valence-corrected chi connectivity index (χ3v) is 4.21. The van der Waals surface area contributed by atoms with Crippen LogP contribution < -0.4 is 10.2 Å². The highest BCUT2D eigenvalue weighted by molar-refractivity contribution is 5.96. The Hall–Kier alpha value is -1.39. The number of benzene rings is 1. The topological polar surface area (TPSA) is 35.6 Å². The van der Waals surface area contributed by atoms with Crippen molar-refractivity contribution in [2.45, 2.75) is 32.4 Å². The highest BCUT2D eigenvalue weighted by Gasteiger charge is 2.30. The maximum atomic E-state index is 12.2. The summed E-state index contributed by atoms with van der Waals surface area (Å²) in [4.78, 5) is 16.2. The maximum absolute atomic E-state index is 12.2. The van der Waals surface area contributed by atoms with E-state index in [4.69, 9.17) is 0 Å². The molecular weight excluding hydrogens is 262 g/mol. The number of nitrogens with zero attached hydrogens (tertiary/aromatic N) is 2. The summed E-state index contributed by atoms with van der Waals surface area (Å²) in [5.41, 5.74) is 2.25. The molecule has 0 saturated heterocycles. The van der Waals surface area contributed by atoms with Crippen molar-refractivity contribution in [3.63, 3.8) is 0 Å². The average molecular weight is 289 g/mol. The number of hydrogen-bond acceptors (Lipinski definition) is 3. The predicted octanol–water partition coefficient (Wildman–Crippen LogP) is 2.27. The Morgan fingerprint density at radius 2 is 2.00 bits per heavy atom. The number of nitrogens with one attached hydrogen (secondary N) is 1. The summed E-state index contributed by atoms with van der Waals surface area (Å²) in [6.07, 6.45) is 0.532. The number of rotatable bonds is 5. The first-order valence-electron chi connectivity index (χ1n) is 7.66. The van der Waals surface area contributed by atoms with E-state index in [0.717, 1.165) is 12.2 Å². The van der Waals surface area contributed by atoms with Gasteiger partial charge in [-0.05, 0) is 31.6 Å². The Balaban J connectivity index is 2.23. The minimum Gasteiger partial charge on any atom is -0.315 e. The lowest BCUT2D eigenvalue weighted by Gasteiger charge is -2.36. The van der Waals surface area contributed by atoms with Crippen molar-refractivity contribution in [1.29, 1.82) is 0 Å². The molecule has 4 heteroatoms. The number of amides is 1. The van der Waals surface area contributed by atoms with E-state index in [1.54, 1.807) is 4.90 Å². The van der Waals surface area contributed by atoms with E-state index in [2.05, 4.69) is 44.2 Å². The molecule has 1 amide bonds. The van der Waals surface area contributed by atoms with Gasteiger partial charge in [-0.2, -0.15) is 0 Å². The standard InChI is InChI=1S/C17H27N3O/c1-12(2)15(11-19(3)4)18-14-10-17(21)20(5)16-9-7-6-8-13(14)16/h6-9,12,14-15,18H,10-11H2,1-5H3. The fourth-order valence-corrected chi connectivity index (χ4v) is 2.90. The number of carbonyl (C=O) groups is 1. The van der Waals surface area contributed by atoms with Gasteiger partial charge in [0.2, 0.25) is 5.91 Å². The van der Waals surface area contributed by atoms with Gasteiger partial charge in [-0.15, -0.1) is 0 Å². The third kappa shape index (κ3) is 3.63. The summed E-state index contributed by atoms with van der Waals surface area (Å²) in [6.45, 7) is 5.42. The summed E-state index contributed by atoms with van der Waals surface area (Å²) in [6, 6.07) is 8.67. The van der Waals surface area contributed by atoms with Crippen LogP contribution in [0.25, 0.3) is 0 Å². The molecule has 1 heterocycles. The van der Waals surface area contributed by atoms with Crippen molar-refractivity contribution in [1.82, 2.24) is 10.2 Å². The van der Waals surface area contributed by atoms with E-state index in [1.807, 2.05) is 25.2 Å². The van der Waals surface area contributed by atoms with Crippen molar-refractivity contribution >= 4 is 11.6 Å². The van der Waals surface area contributed by atoms with Crippen LogP contribution in [-0.4, -0.2) is 44.5 Å². The zero-order valence-electron chi connectivity index (χ0n) is 13.8. The van der Waals surface area contributed by atoms with E-state index in [9.17, 15) is 4.79 Å². The molecule has 0 bridgehead atoms. The first kappa shape index (κ1) is 16.0. The van der Waals surface area contributed by atoms with Gasteiger partial charge in [0.05, 0.1) is 0 Å². The highest BCUT2D eigenvalue weighted by Crippen LogP contribution is 2.34. The fraction of sp³-hybridized carbons (Fsp3) is 0.588. The van der Waals surface area contributed by atoms with Crippen molar-refractivity contribution in [3.8, 4) is 0 Å². The van der Waals surface area contributed by atoms with Gasteiger partial charge >= 0.3 is 0 Å². The number of anilines is 1. The predicted molar refractivity (Wildman–Crippen MR) is 87.5 cm³/mol. The minimum atomic E-state index is 0.109. The molecule has 1 N–H and O–H groups in total. The van der Waals surface area contributed by atoms with Crippen LogP contribution in [0.4, 0.5) is 5.69 Å². The SMILES string of the molecule is CC(C)C(CN(C)C)NC1CC(=O)N(C)c2ccccc21. The van der Waals surface area contributed by atoms with Crippen LogP contribution in [0.1, 0.15) is 31.9 Å². The number of fused-ring (bicyclic) bond motifs is 1. The molecule has 21 heavy (non-hydrogen) atoms. The van der Waals surface area contributed by atoms with Gasteiger partial charge in [0.25, 0.3) is 0 Å². The first-order chi connectivity index (χ1) is 9.90. The first-order valence-corrected chi connectivity index (χ1v) is 7.66. The lowest BCUT2D eigenvalue weighted by molar-refractivity contribution is -0.119. The number of para-hydroxylation sites is 1. The smallest absolute Gasteiger partial charge is 0.228 e. The molecule has 0 aromatic heterocycles. The number of likely N-dealkylation sites (N-methyl/N-ethyl adjacent to an activating group) is 1. The van der Waals surface area contributed by atoms with Crippen LogP contribution in [0.2, 0.25) is 0 Å². The van der Waals surface area contributed by atoms with Crippen LogP contribution in [0.15, 0.2) is 24.3 Å². The molecule has 0 aliphatic carbocycles. The van der Waals surface area contributed by atoms with Gasteiger partial charge in [-0.25, -0.2) is 0 Å². The lowest BCUT2D eigenvalue weighted by atomic mass is 9.93. The largest absolute Gasteiger partial charge is 0.315 e. The van der Waals surface area contributed by atoms with Gasteiger partial charge in [-0.1, -0.05) is 32.0 Å². The Morgan fingerprint density at radius 1 is 1.33 bits per heavy atom. The van der Waals surface area contributed by atoms with Gasteiger partial charge in [0.1, 0.15) is 0 Å². The highest BCUT2D eigenvalue weighted by atomic mass is 16.2. The van der Waals surface area contributed by atoms with E-state index < -0.39 is 0 Å². The van der Waals surface area contributed by atoms with E-state index in [1.165, 1.54) is 5.56 Å². The van der Waals surface area contributed by atoms with E-state index >= 15 is 0 Å². The molecule has 1 aromatic carbocycles. The quantitative estimate of drug-likeness (QED) is 0.903. The molecule has 2 atom stereocenters. The van der Waals surface area contributed by atoms with Crippen molar-refractivity contribution in [2.75, 3.05) is 32.6 Å². The summed E-state index contributed by atoms with van der Waals surface area (Å²) in [5.74, 6) is 0.702. The molecule has 4 nitrogen and oxygen atoms in total. The molecular formula is C17H27N3O. The molecule has 0 radical (unpaired) electrons. The number of carbonyl (C=O) groups excluding carboxylic acids is 1. The minimum absolute atomic E-state index is 0.109. The van der Waals surface area contributed by atoms with E-state index in [-0.39, 0.29) is 11.9 Å². The lowest BCUT2D eigenvalue weighted by Crippen LogP contribution is -2.47. The van der Waals surface area contributed by atoms with Crippen molar-refractivity contribution < 1.29 is 4.79 Å². The molecule has 0 saturated carbocycles. The molecule has 2 unspecified atom stereocenters. The second kappa shape index (κ2) is 6.58. The Bertz CT molecular complexity index is 499. The van der Waals surface area contributed by atoms with Crippen molar-refractivity contribution in [3.05, 3.63) is 29.8 Å². The average Bonchev–Trinajstić information content (AvgIpc) is 2.43. The molecule has 0 fully saturated rings. The Labute approximate surface area is 128 Å². The monoisotopic (exact) mass is 289 g/mol. The van der Waals surface area contributed by atoms with Gasteiger partial charge in [0.15, 0.2) is 0 Å². The van der Waals surface area contributed by atoms with Gasteiger partial charge < -0.3 is 15.1 Å². The second-order valence-electron chi connectivity index (χ2n) is 6.55. The van der Waals surface area contributed by atoms with Gasteiger partial charge in [-0.3, -0.25) is 4.79 Å². The zero-order chi connectivity index (χ0) is 15.6. The van der Waals surface area contributed by atoms with Crippen LogP contribution in [0, 0.1) is 5.92 Å². The molecule has 2 rings (SSSR count). The van der Waals surface area contributed by atoms with Crippen LogP contribution in [-0.2, 0) is 4.79 Å². The molecule has 116 valence electrons. The Kier molecular flexibility index (Phi) is 5.01. The summed E-state index contributed by atoms with van der Waals surface area (Å²) < 4.78 is 0. The summed E-state index contributed by atoms with van der Waals surface area (Å²) >= 11 is 0. The molecule has 1 aromatic rings. The van der Waals surface area contributed by atoms with Crippen LogP contribution >= 0.6 is 0 Å². The molecule has 1 aliphatic heterocycles. The summed E-state index contributed by atoms with van der Waals surface area (Å²) in [7, 11) is 6.03. The molecule has 0 spiro atoms.